The lowest BCUT2D eigenvalue weighted by atomic mass is 10.1. The minimum atomic E-state index is -3.61. The number of nitrogens with one attached hydrogen (secondary N) is 2. The topological polar surface area (TPSA) is 95.2 Å². The van der Waals surface area contributed by atoms with Crippen molar-refractivity contribution in [2.45, 2.75) is 37.6 Å². The maximum absolute atomic E-state index is 13.2. The molecule has 1 fully saturated rings. The third-order valence-corrected chi connectivity index (χ3v) is 6.70. The Morgan fingerprint density at radius 2 is 2.00 bits per heavy atom. The van der Waals surface area contributed by atoms with Crippen LogP contribution in [0.5, 0.6) is 0 Å². The molecule has 26 heavy (non-hydrogen) atoms. The van der Waals surface area contributed by atoms with E-state index in [1.165, 1.54) is 22.5 Å². The Bertz CT molecular complexity index is 898. The number of hydrogen-bond acceptors (Lipinski definition) is 4. The first-order valence-corrected chi connectivity index (χ1v) is 9.81. The molecule has 1 aliphatic heterocycles. The summed E-state index contributed by atoms with van der Waals surface area (Å²) in [5.74, 6) is -0.822. The van der Waals surface area contributed by atoms with E-state index in [9.17, 15) is 17.6 Å². The van der Waals surface area contributed by atoms with E-state index in [0.717, 1.165) is 0 Å². The molecule has 0 atom stereocenters. The Morgan fingerprint density at radius 1 is 1.31 bits per heavy atom. The Morgan fingerprint density at radius 3 is 2.58 bits per heavy atom. The van der Waals surface area contributed by atoms with Gasteiger partial charge in [0.25, 0.3) is 5.91 Å². The smallest absolute Gasteiger partial charge is 0.251 e. The van der Waals surface area contributed by atoms with Crippen LogP contribution in [0.3, 0.4) is 0 Å². The van der Waals surface area contributed by atoms with Gasteiger partial charge in [-0.3, -0.25) is 9.89 Å². The van der Waals surface area contributed by atoms with Crippen LogP contribution >= 0.6 is 0 Å². The molecule has 2 aromatic rings. The standard InChI is InChI=1S/C17H21FN4O3S/c1-11-16(12(2)21-20-11)26(24,25)22-8-6-15(7-9-22)19-17(23)13-4-3-5-14(18)10-13/h3-5,10,15H,6-9H2,1-2H3,(H,19,23)(H,20,21). The number of aromatic nitrogens is 2. The molecule has 0 bridgehead atoms. The number of sulfonamides is 1. The second-order valence-electron chi connectivity index (χ2n) is 6.43. The van der Waals surface area contributed by atoms with Gasteiger partial charge in [0.2, 0.25) is 10.0 Å². The van der Waals surface area contributed by atoms with Crippen LogP contribution < -0.4 is 5.32 Å². The molecule has 0 unspecified atom stereocenters. The summed E-state index contributed by atoms with van der Waals surface area (Å²) in [4.78, 5) is 12.4. The summed E-state index contributed by atoms with van der Waals surface area (Å²) < 4.78 is 40.3. The zero-order chi connectivity index (χ0) is 18.9. The maximum Gasteiger partial charge on any atom is 0.251 e. The minimum Gasteiger partial charge on any atom is -0.349 e. The molecular formula is C17H21FN4O3S. The number of aromatic amines is 1. The lowest BCUT2D eigenvalue weighted by molar-refractivity contribution is 0.0923. The molecule has 0 spiro atoms. The molecule has 0 aliphatic carbocycles. The highest BCUT2D eigenvalue weighted by atomic mass is 32.2. The van der Waals surface area contributed by atoms with Crippen LogP contribution in [0.2, 0.25) is 0 Å². The van der Waals surface area contributed by atoms with Crippen LogP contribution in [0, 0.1) is 19.7 Å². The minimum absolute atomic E-state index is 0.149. The summed E-state index contributed by atoms with van der Waals surface area (Å²) in [6, 6.07) is 5.33. The van der Waals surface area contributed by atoms with Gasteiger partial charge in [-0.1, -0.05) is 6.07 Å². The average molecular weight is 380 g/mol. The van der Waals surface area contributed by atoms with Crippen LogP contribution in [0.15, 0.2) is 29.2 Å². The SMILES string of the molecule is Cc1n[nH]c(C)c1S(=O)(=O)N1CCC(NC(=O)c2cccc(F)c2)CC1. The van der Waals surface area contributed by atoms with E-state index in [1.54, 1.807) is 19.9 Å². The molecule has 3 rings (SSSR count). The van der Waals surface area contributed by atoms with Gasteiger partial charge in [-0.2, -0.15) is 9.40 Å². The van der Waals surface area contributed by atoms with E-state index in [0.29, 0.717) is 37.3 Å². The lowest BCUT2D eigenvalue weighted by Gasteiger charge is -2.31. The molecule has 140 valence electrons. The van der Waals surface area contributed by atoms with Gasteiger partial charge in [0.1, 0.15) is 10.7 Å². The van der Waals surface area contributed by atoms with Crippen molar-refractivity contribution >= 4 is 15.9 Å². The van der Waals surface area contributed by atoms with Crippen LogP contribution in [-0.2, 0) is 10.0 Å². The second kappa shape index (κ2) is 7.16. The Kier molecular flexibility index (Phi) is 5.10. The second-order valence-corrected chi connectivity index (χ2v) is 8.30. The fourth-order valence-corrected chi connectivity index (χ4v) is 4.99. The molecule has 1 aliphatic rings. The maximum atomic E-state index is 13.2. The number of benzene rings is 1. The number of rotatable bonds is 4. The molecule has 0 radical (unpaired) electrons. The van der Waals surface area contributed by atoms with Crippen molar-refractivity contribution in [3.05, 3.63) is 47.0 Å². The van der Waals surface area contributed by atoms with E-state index in [4.69, 9.17) is 0 Å². The predicted octanol–water partition coefficient (Wildman–Crippen LogP) is 1.75. The first kappa shape index (κ1) is 18.5. The lowest BCUT2D eigenvalue weighted by Crippen LogP contribution is -2.46. The van der Waals surface area contributed by atoms with E-state index in [1.807, 2.05) is 0 Å². The predicted molar refractivity (Wildman–Crippen MR) is 93.7 cm³/mol. The van der Waals surface area contributed by atoms with Crippen molar-refractivity contribution < 1.29 is 17.6 Å². The van der Waals surface area contributed by atoms with Crippen LogP contribution in [0.1, 0.15) is 34.6 Å². The highest BCUT2D eigenvalue weighted by molar-refractivity contribution is 7.89. The summed E-state index contributed by atoms with van der Waals surface area (Å²) in [6.45, 7) is 3.95. The number of carbonyl (C=O) groups is 1. The number of carbonyl (C=O) groups excluding carboxylic acids is 1. The number of H-pyrrole nitrogens is 1. The first-order chi connectivity index (χ1) is 12.3. The van der Waals surface area contributed by atoms with E-state index >= 15 is 0 Å². The van der Waals surface area contributed by atoms with Crippen molar-refractivity contribution in [3.8, 4) is 0 Å². The molecule has 9 heteroatoms. The molecule has 1 aromatic heterocycles. The van der Waals surface area contributed by atoms with Gasteiger partial charge in [-0.25, -0.2) is 12.8 Å². The Balaban J connectivity index is 1.63. The van der Waals surface area contributed by atoms with Gasteiger partial charge in [-0.15, -0.1) is 0 Å². The number of aryl methyl sites for hydroxylation is 2. The summed E-state index contributed by atoms with van der Waals surface area (Å²) in [5, 5.41) is 9.50. The fourth-order valence-electron chi connectivity index (χ4n) is 3.19. The van der Waals surface area contributed by atoms with Gasteiger partial charge in [0.05, 0.1) is 11.4 Å². The molecule has 7 nitrogen and oxygen atoms in total. The van der Waals surface area contributed by atoms with Crippen molar-refractivity contribution in [2.75, 3.05) is 13.1 Å². The highest BCUT2D eigenvalue weighted by Crippen LogP contribution is 2.24. The number of hydrogen-bond donors (Lipinski definition) is 2. The third-order valence-electron chi connectivity index (χ3n) is 4.53. The molecule has 1 amide bonds. The van der Waals surface area contributed by atoms with Crippen molar-refractivity contribution in [2.24, 2.45) is 0 Å². The van der Waals surface area contributed by atoms with Crippen LogP contribution in [0.4, 0.5) is 4.39 Å². The van der Waals surface area contributed by atoms with Gasteiger partial charge in [-0.05, 0) is 44.9 Å². The highest BCUT2D eigenvalue weighted by Gasteiger charge is 2.33. The molecule has 2 heterocycles. The molecule has 0 saturated carbocycles. The van der Waals surface area contributed by atoms with Gasteiger partial charge >= 0.3 is 0 Å². The van der Waals surface area contributed by atoms with E-state index in [-0.39, 0.29) is 22.4 Å². The van der Waals surface area contributed by atoms with E-state index < -0.39 is 15.8 Å². The number of amides is 1. The van der Waals surface area contributed by atoms with Crippen molar-refractivity contribution in [1.29, 1.82) is 0 Å². The Hall–Kier alpha value is -2.26. The van der Waals surface area contributed by atoms with Crippen molar-refractivity contribution in [1.82, 2.24) is 19.8 Å². The summed E-state index contributed by atoms with van der Waals surface area (Å²) in [6.07, 6.45) is 0.993. The molecular weight excluding hydrogens is 359 g/mol. The molecule has 2 N–H and O–H groups in total. The Labute approximate surface area is 151 Å². The summed E-state index contributed by atoms with van der Waals surface area (Å²) >= 11 is 0. The van der Waals surface area contributed by atoms with Crippen LogP contribution in [0.25, 0.3) is 0 Å². The summed E-state index contributed by atoms with van der Waals surface area (Å²) in [5.41, 5.74) is 1.22. The molecule has 1 aromatic carbocycles. The number of halogens is 1. The zero-order valence-corrected chi connectivity index (χ0v) is 15.4. The van der Waals surface area contributed by atoms with Gasteiger partial charge in [0, 0.05) is 24.7 Å². The summed E-state index contributed by atoms with van der Waals surface area (Å²) in [7, 11) is -3.61. The van der Waals surface area contributed by atoms with E-state index in [2.05, 4.69) is 15.5 Å². The average Bonchev–Trinajstić information content (AvgIpc) is 2.94. The monoisotopic (exact) mass is 380 g/mol. The van der Waals surface area contributed by atoms with Gasteiger partial charge in [0.15, 0.2) is 0 Å². The quantitative estimate of drug-likeness (QED) is 0.845. The number of nitrogens with zero attached hydrogens (tertiary/aromatic N) is 2. The largest absolute Gasteiger partial charge is 0.349 e. The first-order valence-electron chi connectivity index (χ1n) is 8.37. The molecule has 1 saturated heterocycles. The van der Waals surface area contributed by atoms with Gasteiger partial charge < -0.3 is 5.32 Å². The zero-order valence-electron chi connectivity index (χ0n) is 14.6. The van der Waals surface area contributed by atoms with Crippen molar-refractivity contribution in [3.63, 3.8) is 0 Å². The third kappa shape index (κ3) is 3.63. The van der Waals surface area contributed by atoms with Crippen LogP contribution in [-0.4, -0.2) is 48.0 Å². The number of piperidine rings is 1. The normalized spacial score (nSPS) is 16.6. The fraction of sp³-hybridized carbons (Fsp3) is 0.412.